The second-order valence-electron chi connectivity index (χ2n) is 5.50. The SMILES string of the molecule is Fc1ccc(CNC(c2ccc(Cl)cc2)C2CC2)cc1F. The zero-order valence-corrected chi connectivity index (χ0v) is 12.2. The molecule has 1 aliphatic carbocycles. The van der Waals surface area contributed by atoms with Crippen molar-refractivity contribution in [3.05, 3.63) is 70.2 Å². The lowest BCUT2D eigenvalue weighted by Crippen LogP contribution is -2.22. The third-order valence-corrected chi connectivity index (χ3v) is 4.08. The van der Waals surface area contributed by atoms with Crippen molar-refractivity contribution in [2.45, 2.75) is 25.4 Å². The normalized spacial score (nSPS) is 16.0. The molecule has 0 aliphatic heterocycles. The maximum Gasteiger partial charge on any atom is 0.159 e. The van der Waals surface area contributed by atoms with E-state index in [1.54, 1.807) is 6.07 Å². The molecule has 1 atom stereocenters. The highest BCUT2D eigenvalue weighted by Gasteiger charge is 2.31. The molecule has 1 aliphatic rings. The number of hydrogen-bond donors (Lipinski definition) is 1. The summed E-state index contributed by atoms with van der Waals surface area (Å²) in [5.41, 5.74) is 1.93. The van der Waals surface area contributed by atoms with Gasteiger partial charge in [-0.2, -0.15) is 0 Å². The Balaban J connectivity index is 1.71. The van der Waals surface area contributed by atoms with Gasteiger partial charge >= 0.3 is 0 Å². The van der Waals surface area contributed by atoms with Crippen molar-refractivity contribution in [1.29, 1.82) is 0 Å². The lowest BCUT2D eigenvalue weighted by atomic mass is 10.0. The Labute approximate surface area is 127 Å². The average molecular weight is 308 g/mol. The molecule has 0 amide bonds. The third-order valence-electron chi connectivity index (χ3n) is 3.83. The molecule has 1 unspecified atom stereocenters. The van der Waals surface area contributed by atoms with Gasteiger partial charge in [0.2, 0.25) is 0 Å². The van der Waals surface area contributed by atoms with E-state index >= 15 is 0 Å². The topological polar surface area (TPSA) is 12.0 Å². The Morgan fingerprint density at radius 3 is 2.38 bits per heavy atom. The minimum absolute atomic E-state index is 0.232. The number of benzene rings is 2. The molecule has 21 heavy (non-hydrogen) atoms. The first-order chi connectivity index (χ1) is 10.1. The molecule has 0 aromatic heterocycles. The van der Waals surface area contributed by atoms with Crippen LogP contribution in [0.25, 0.3) is 0 Å². The Hall–Kier alpha value is -1.45. The highest BCUT2D eigenvalue weighted by atomic mass is 35.5. The number of nitrogens with one attached hydrogen (secondary N) is 1. The second kappa shape index (κ2) is 6.12. The highest BCUT2D eigenvalue weighted by Crippen LogP contribution is 2.41. The van der Waals surface area contributed by atoms with Crippen LogP contribution in [0.5, 0.6) is 0 Å². The van der Waals surface area contributed by atoms with Gasteiger partial charge in [0.25, 0.3) is 0 Å². The first kappa shape index (κ1) is 14.5. The molecule has 2 aromatic carbocycles. The van der Waals surface area contributed by atoms with Crippen LogP contribution in [0.15, 0.2) is 42.5 Å². The standard InChI is InChI=1S/C17H16ClF2N/c18-14-6-4-13(5-7-14)17(12-2-3-12)21-10-11-1-8-15(19)16(20)9-11/h1,4-9,12,17,21H,2-3,10H2. The molecule has 110 valence electrons. The molecule has 4 heteroatoms. The van der Waals surface area contributed by atoms with Gasteiger partial charge in [-0.25, -0.2) is 8.78 Å². The number of halogens is 3. The summed E-state index contributed by atoms with van der Waals surface area (Å²) in [7, 11) is 0. The predicted molar refractivity (Wildman–Crippen MR) is 80.1 cm³/mol. The highest BCUT2D eigenvalue weighted by molar-refractivity contribution is 6.30. The van der Waals surface area contributed by atoms with Gasteiger partial charge in [-0.1, -0.05) is 29.8 Å². The molecule has 1 fully saturated rings. The summed E-state index contributed by atoms with van der Waals surface area (Å²) in [5.74, 6) is -1.00. The van der Waals surface area contributed by atoms with Crippen molar-refractivity contribution in [2.24, 2.45) is 5.92 Å². The fourth-order valence-corrected chi connectivity index (χ4v) is 2.66. The fraction of sp³-hybridized carbons (Fsp3) is 0.294. The third kappa shape index (κ3) is 3.60. The molecule has 1 N–H and O–H groups in total. The molecular formula is C17H16ClF2N. The predicted octanol–water partition coefficient (Wildman–Crippen LogP) is 4.86. The van der Waals surface area contributed by atoms with E-state index in [9.17, 15) is 8.78 Å². The van der Waals surface area contributed by atoms with Crippen molar-refractivity contribution in [2.75, 3.05) is 0 Å². The van der Waals surface area contributed by atoms with E-state index in [1.807, 2.05) is 24.3 Å². The number of rotatable bonds is 5. The van der Waals surface area contributed by atoms with Gasteiger partial charge in [0.1, 0.15) is 0 Å². The van der Waals surface area contributed by atoms with E-state index in [-0.39, 0.29) is 6.04 Å². The second-order valence-corrected chi connectivity index (χ2v) is 5.93. The molecule has 1 nitrogen and oxygen atoms in total. The summed E-state index contributed by atoms with van der Waals surface area (Å²) >= 11 is 5.92. The van der Waals surface area contributed by atoms with E-state index in [2.05, 4.69) is 5.32 Å². The van der Waals surface area contributed by atoms with E-state index in [4.69, 9.17) is 11.6 Å². The quantitative estimate of drug-likeness (QED) is 0.832. The van der Waals surface area contributed by atoms with Crippen molar-refractivity contribution < 1.29 is 8.78 Å². The molecule has 0 heterocycles. The van der Waals surface area contributed by atoms with Crippen LogP contribution in [-0.2, 0) is 6.54 Å². The minimum Gasteiger partial charge on any atom is -0.306 e. The Morgan fingerprint density at radius 2 is 1.76 bits per heavy atom. The van der Waals surface area contributed by atoms with Crippen molar-refractivity contribution in [3.8, 4) is 0 Å². The van der Waals surface area contributed by atoms with Gasteiger partial charge in [-0.15, -0.1) is 0 Å². The van der Waals surface area contributed by atoms with Gasteiger partial charge in [-0.3, -0.25) is 0 Å². The largest absolute Gasteiger partial charge is 0.306 e. The molecule has 0 radical (unpaired) electrons. The maximum absolute atomic E-state index is 13.2. The Kier molecular flexibility index (Phi) is 4.22. The van der Waals surface area contributed by atoms with E-state index < -0.39 is 11.6 Å². The van der Waals surface area contributed by atoms with Crippen LogP contribution < -0.4 is 5.32 Å². The molecular weight excluding hydrogens is 292 g/mol. The molecule has 0 saturated heterocycles. The van der Waals surface area contributed by atoms with E-state index in [1.165, 1.54) is 30.5 Å². The summed E-state index contributed by atoms with van der Waals surface area (Å²) in [6.07, 6.45) is 2.39. The molecule has 2 aromatic rings. The van der Waals surface area contributed by atoms with Crippen LogP contribution in [0, 0.1) is 17.6 Å². The fourth-order valence-electron chi connectivity index (χ4n) is 2.53. The summed E-state index contributed by atoms with van der Waals surface area (Å²) in [6, 6.07) is 12.0. The summed E-state index contributed by atoms with van der Waals surface area (Å²) in [6.45, 7) is 0.515. The van der Waals surface area contributed by atoms with Crippen molar-refractivity contribution in [3.63, 3.8) is 0 Å². The zero-order valence-electron chi connectivity index (χ0n) is 11.5. The lowest BCUT2D eigenvalue weighted by Gasteiger charge is -2.19. The Bertz CT molecular complexity index is 623. The zero-order chi connectivity index (χ0) is 14.8. The van der Waals surface area contributed by atoms with Crippen LogP contribution in [0.3, 0.4) is 0 Å². The Morgan fingerprint density at radius 1 is 1.05 bits per heavy atom. The van der Waals surface area contributed by atoms with Crippen molar-refractivity contribution >= 4 is 11.6 Å². The summed E-state index contributed by atoms with van der Waals surface area (Å²) in [4.78, 5) is 0. The van der Waals surface area contributed by atoms with Crippen LogP contribution in [-0.4, -0.2) is 0 Å². The first-order valence-electron chi connectivity index (χ1n) is 7.06. The monoisotopic (exact) mass is 307 g/mol. The van der Waals surface area contributed by atoms with E-state index in [0.717, 1.165) is 5.56 Å². The maximum atomic E-state index is 13.2. The summed E-state index contributed by atoms with van der Waals surface area (Å²) in [5, 5.41) is 4.16. The molecule has 1 saturated carbocycles. The molecule has 0 bridgehead atoms. The minimum atomic E-state index is -0.810. The van der Waals surface area contributed by atoms with Gasteiger partial charge in [0.05, 0.1) is 0 Å². The van der Waals surface area contributed by atoms with Gasteiger partial charge in [0, 0.05) is 17.6 Å². The van der Waals surface area contributed by atoms with Gasteiger partial charge in [0.15, 0.2) is 11.6 Å². The average Bonchev–Trinajstić information content (AvgIpc) is 3.29. The summed E-state index contributed by atoms with van der Waals surface area (Å²) < 4.78 is 26.2. The van der Waals surface area contributed by atoms with Gasteiger partial charge in [-0.05, 0) is 54.2 Å². The number of hydrogen-bond acceptors (Lipinski definition) is 1. The van der Waals surface area contributed by atoms with E-state index in [0.29, 0.717) is 17.5 Å². The van der Waals surface area contributed by atoms with Crippen LogP contribution in [0.4, 0.5) is 8.78 Å². The molecule has 3 rings (SSSR count). The van der Waals surface area contributed by atoms with Crippen molar-refractivity contribution in [1.82, 2.24) is 5.32 Å². The first-order valence-corrected chi connectivity index (χ1v) is 7.44. The molecule has 0 spiro atoms. The van der Waals surface area contributed by atoms with Gasteiger partial charge < -0.3 is 5.32 Å². The van der Waals surface area contributed by atoms with Crippen LogP contribution in [0.1, 0.15) is 30.0 Å². The lowest BCUT2D eigenvalue weighted by molar-refractivity contribution is 0.475. The van der Waals surface area contributed by atoms with Crippen LogP contribution >= 0.6 is 11.6 Å². The smallest absolute Gasteiger partial charge is 0.159 e. The van der Waals surface area contributed by atoms with Crippen LogP contribution in [0.2, 0.25) is 5.02 Å².